The molecule has 34 heavy (non-hydrogen) atoms. The Bertz CT molecular complexity index is 1030. The molecule has 3 aliphatic rings. The number of likely N-dealkylation sites (tertiary alicyclic amines) is 2. The second kappa shape index (κ2) is 10.3. The summed E-state index contributed by atoms with van der Waals surface area (Å²) in [6.45, 7) is 6.92. The summed E-state index contributed by atoms with van der Waals surface area (Å²) in [5.74, 6) is 0.474. The quantitative estimate of drug-likeness (QED) is 0.735. The van der Waals surface area contributed by atoms with Crippen LogP contribution in [0.25, 0.3) is 10.8 Å². The van der Waals surface area contributed by atoms with Crippen LogP contribution in [0.1, 0.15) is 42.5 Å². The number of phenols is 1. The molecule has 7 heteroatoms. The van der Waals surface area contributed by atoms with Gasteiger partial charge in [-0.15, -0.1) is 0 Å². The minimum absolute atomic E-state index is 0.00211. The molecule has 0 aliphatic carbocycles. The van der Waals surface area contributed by atoms with Gasteiger partial charge >= 0.3 is 0 Å². The number of morpholine rings is 1. The van der Waals surface area contributed by atoms with E-state index >= 15 is 0 Å². The molecular formula is C27H35N3O4. The van der Waals surface area contributed by atoms with Gasteiger partial charge in [0.2, 0.25) is 5.91 Å². The van der Waals surface area contributed by atoms with E-state index < -0.39 is 6.04 Å². The van der Waals surface area contributed by atoms with Crippen molar-refractivity contribution < 1.29 is 19.4 Å². The van der Waals surface area contributed by atoms with Crippen molar-refractivity contribution in [1.29, 1.82) is 0 Å². The largest absolute Gasteiger partial charge is 0.506 e. The van der Waals surface area contributed by atoms with E-state index in [-0.39, 0.29) is 23.1 Å². The van der Waals surface area contributed by atoms with Crippen LogP contribution >= 0.6 is 0 Å². The first kappa shape index (κ1) is 23.1. The molecule has 1 unspecified atom stereocenters. The molecule has 2 aromatic carbocycles. The van der Waals surface area contributed by atoms with E-state index in [1.54, 1.807) is 11.0 Å². The highest BCUT2D eigenvalue weighted by Gasteiger charge is 2.38. The summed E-state index contributed by atoms with van der Waals surface area (Å²) in [4.78, 5) is 32.9. The number of fused-ring (bicyclic) bond motifs is 1. The maximum atomic E-state index is 13.4. The van der Waals surface area contributed by atoms with Crippen LogP contribution < -0.4 is 0 Å². The highest BCUT2D eigenvalue weighted by atomic mass is 16.5. The van der Waals surface area contributed by atoms with E-state index in [0.717, 1.165) is 70.6 Å². The minimum Gasteiger partial charge on any atom is -0.506 e. The van der Waals surface area contributed by atoms with Crippen molar-refractivity contribution in [2.75, 3.05) is 52.5 Å². The van der Waals surface area contributed by atoms with Gasteiger partial charge in [-0.05, 0) is 56.0 Å². The second-order valence-corrected chi connectivity index (χ2v) is 9.85. The van der Waals surface area contributed by atoms with Gasteiger partial charge in [0.1, 0.15) is 11.8 Å². The molecule has 0 radical (unpaired) electrons. The molecule has 0 aromatic heterocycles. The standard InChI is InChI=1S/C27H35N3O4/c31-25-22-5-2-1-4-21(22)7-8-23(25)26(32)30-12-3-6-24(30)27(33)29-14-10-20(11-15-29)9-13-28-16-18-34-19-17-28/h1-2,4-5,7-8,20,24,31H,3,6,9-19H2. The van der Waals surface area contributed by atoms with Crippen molar-refractivity contribution in [3.63, 3.8) is 0 Å². The molecule has 1 N–H and O–H groups in total. The number of rotatable bonds is 5. The predicted molar refractivity (Wildman–Crippen MR) is 131 cm³/mol. The van der Waals surface area contributed by atoms with E-state index in [1.165, 1.54) is 6.42 Å². The number of phenolic OH excluding ortho intramolecular Hbond substituents is 1. The van der Waals surface area contributed by atoms with Crippen molar-refractivity contribution >= 4 is 22.6 Å². The van der Waals surface area contributed by atoms with Crippen LogP contribution in [0, 0.1) is 5.92 Å². The fourth-order valence-corrected chi connectivity index (χ4v) is 5.69. The number of ether oxygens (including phenoxy) is 1. The molecule has 2 aromatic rings. The van der Waals surface area contributed by atoms with E-state index in [0.29, 0.717) is 24.3 Å². The molecule has 3 fully saturated rings. The number of benzene rings is 2. The normalized spacial score (nSPS) is 22.4. The SMILES string of the molecule is O=C(C1CCCN1C(=O)c1ccc2ccccc2c1O)N1CCC(CCN2CCOCC2)CC1. The van der Waals surface area contributed by atoms with Crippen LogP contribution in [-0.4, -0.2) is 90.1 Å². The summed E-state index contributed by atoms with van der Waals surface area (Å²) < 4.78 is 5.43. The maximum absolute atomic E-state index is 13.4. The van der Waals surface area contributed by atoms with Crippen molar-refractivity contribution in [1.82, 2.24) is 14.7 Å². The Hall–Kier alpha value is -2.64. The number of aromatic hydroxyl groups is 1. The van der Waals surface area contributed by atoms with E-state index in [1.807, 2.05) is 35.2 Å². The molecule has 0 saturated carbocycles. The van der Waals surface area contributed by atoms with Gasteiger partial charge in [-0.25, -0.2) is 0 Å². The fraction of sp³-hybridized carbons (Fsp3) is 0.556. The number of piperidine rings is 1. The fourth-order valence-electron chi connectivity index (χ4n) is 5.69. The third-order valence-electron chi connectivity index (χ3n) is 7.81. The zero-order valence-corrected chi connectivity index (χ0v) is 19.8. The summed E-state index contributed by atoms with van der Waals surface area (Å²) >= 11 is 0. The highest BCUT2D eigenvalue weighted by molar-refractivity contribution is 6.05. The van der Waals surface area contributed by atoms with Crippen LogP contribution in [0.4, 0.5) is 0 Å². The number of hydrogen-bond acceptors (Lipinski definition) is 5. The lowest BCUT2D eigenvalue weighted by molar-refractivity contribution is -0.136. The Labute approximate surface area is 201 Å². The molecular weight excluding hydrogens is 430 g/mol. The predicted octanol–water partition coefficient (Wildman–Crippen LogP) is 3.11. The topological polar surface area (TPSA) is 73.3 Å². The molecule has 1 atom stereocenters. The van der Waals surface area contributed by atoms with Gasteiger partial charge in [-0.1, -0.05) is 30.3 Å². The Balaban J connectivity index is 1.19. The molecule has 3 aliphatic heterocycles. The van der Waals surface area contributed by atoms with Gasteiger partial charge in [0.05, 0.1) is 18.8 Å². The Morgan fingerprint density at radius 3 is 2.50 bits per heavy atom. The van der Waals surface area contributed by atoms with Gasteiger partial charge in [-0.2, -0.15) is 0 Å². The van der Waals surface area contributed by atoms with Crippen LogP contribution in [0.3, 0.4) is 0 Å². The third-order valence-corrected chi connectivity index (χ3v) is 7.81. The molecule has 182 valence electrons. The number of carbonyl (C=O) groups excluding carboxylic acids is 2. The summed E-state index contributed by atoms with van der Waals surface area (Å²) in [5, 5.41) is 12.3. The maximum Gasteiger partial charge on any atom is 0.258 e. The van der Waals surface area contributed by atoms with Gasteiger partial charge in [0, 0.05) is 38.1 Å². The van der Waals surface area contributed by atoms with Gasteiger partial charge in [0.15, 0.2) is 0 Å². The molecule has 5 rings (SSSR count). The average Bonchev–Trinajstić information content (AvgIpc) is 3.38. The summed E-state index contributed by atoms with van der Waals surface area (Å²) in [7, 11) is 0. The van der Waals surface area contributed by atoms with Gasteiger partial charge in [-0.3, -0.25) is 14.5 Å². The molecule has 3 heterocycles. The van der Waals surface area contributed by atoms with Crippen LogP contribution in [0.5, 0.6) is 5.75 Å². The molecule has 0 spiro atoms. The molecule has 7 nitrogen and oxygen atoms in total. The monoisotopic (exact) mass is 465 g/mol. The lowest BCUT2D eigenvalue weighted by Gasteiger charge is -2.36. The summed E-state index contributed by atoms with van der Waals surface area (Å²) in [5.41, 5.74) is 0.278. The van der Waals surface area contributed by atoms with Crippen molar-refractivity contribution in [2.45, 2.75) is 38.1 Å². The number of amides is 2. The van der Waals surface area contributed by atoms with Crippen molar-refractivity contribution in [3.05, 3.63) is 42.0 Å². The first-order valence-electron chi connectivity index (χ1n) is 12.7. The zero-order valence-electron chi connectivity index (χ0n) is 19.8. The number of hydrogen-bond donors (Lipinski definition) is 1. The molecule has 0 bridgehead atoms. The smallest absolute Gasteiger partial charge is 0.258 e. The lowest BCUT2D eigenvalue weighted by atomic mass is 9.92. The first-order chi connectivity index (χ1) is 16.6. The van der Waals surface area contributed by atoms with E-state index in [2.05, 4.69) is 4.90 Å². The van der Waals surface area contributed by atoms with E-state index in [4.69, 9.17) is 4.74 Å². The molecule has 3 saturated heterocycles. The highest BCUT2D eigenvalue weighted by Crippen LogP contribution is 2.32. The average molecular weight is 466 g/mol. The first-order valence-corrected chi connectivity index (χ1v) is 12.7. The Kier molecular flexibility index (Phi) is 7.02. The third kappa shape index (κ3) is 4.77. The van der Waals surface area contributed by atoms with Crippen LogP contribution in [0.2, 0.25) is 0 Å². The number of carbonyl (C=O) groups is 2. The molecule has 2 amide bonds. The number of nitrogens with zero attached hydrogens (tertiary/aromatic N) is 3. The Morgan fingerprint density at radius 2 is 1.71 bits per heavy atom. The lowest BCUT2D eigenvalue weighted by Crippen LogP contribution is -2.50. The van der Waals surface area contributed by atoms with Gasteiger partial charge in [0.25, 0.3) is 5.91 Å². The van der Waals surface area contributed by atoms with Crippen LogP contribution in [-0.2, 0) is 9.53 Å². The van der Waals surface area contributed by atoms with Crippen molar-refractivity contribution in [2.24, 2.45) is 5.92 Å². The summed E-state index contributed by atoms with van der Waals surface area (Å²) in [6.07, 6.45) is 4.74. The van der Waals surface area contributed by atoms with Crippen molar-refractivity contribution in [3.8, 4) is 5.75 Å². The zero-order chi connectivity index (χ0) is 23.5. The second-order valence-electron chi connectivity index (χ2n) is 9.85. The Morgan fingerprint density at radius 1 is 0.941 bits per heavy atom. The van der Waals surface area contributed by atoms with Crippen LogP contribution in [0.15, 0.2) is 36.4 Å². The van der Waals surface area contributed by atoms with Gasteiger partial charge < -0.3 is 19.6 Å². The van der Waals surface area contributed by atoms with E-state index in [9.17, 15) is 14.7 Å². The summed E-state index contributed by atoms with van der Waals surface area (Å²) in [6, 6.07) is 10.6. The minimum atomic E-state index is -0.428.